The highest BCUT2D eigenvalue weighted by atomic mass is 13.7. The Morgan fingerprint density at radius 2 is 1.67 bits per heavy atom. The van der Waals surface area contributed by atoms with E-state index in [9.17, 15) is 0 Å². The molecule has 0 rings (SSSR count). The summed E-state index contributed by atoms with van der Waals surface area (Å²) >= 11 is 0. The lowest BCUT2D eigenvalue weighted by molar-refractivity contribution is 1.05. The van der Waals surface area contributed by atoms with Crippen molar-refractivity contribution in [3.63, 3.8) is 0 Å². The first-order valence-corrected chi connectivity index (χ1v) is 3.32. The lowest BCUT2D eigenvalue weighted by Gasteiger charge is -1.79. The molecule has 0 fully saturated rings. The van der Waals surface area contributed by atoms with Crippen LogP contribution in [0.15, 0.2) is 24.3 Å². The molecule has 50 valence electrons. The summed E-state index contributed by atoms with van der Waals surface area (Å²) < 4.78 is 0. The minimum atomic E-state index is 0.870. The summed E-state index contributed by atoms with van der Waals surface area (Å²) in [5.41, 5.74) is 0. The molecule has 0 spiro atoms. The summed E-state index contributed by atoms with van der Waals surface area (Å²) in [4.78, 5) is 0. The summed E-state index contributed by atoms with van der Waals surface area (Å²) in [6.45, 7) is 7.39. The van der Waals surface area contributed by atoms with E-state index < -0.39 is 0 Å². The van der Waals surface area contributed by atoms with Gasteiger partial charge in [-0.1, -0.05) is 31.2 Å². The van der Waals surface area contributed by atoms with Crippen LogP contribution < -0.4 is 0 Å². The fourth-order valence-electron chi connectivity index (χ4n) is 0.467. The Morgan fingerprint density at radius 1 is 1.00 bits per heavy atom. The van der Waals surface area contributed by atoms with Crippen molar-refractivity contribution >= 4 is 0 Å². The van der Waals surface area contributed by atoms with Crippen molar-refractivity contribution in [2.45, 2.75) is 19.3 Å². The summed E-state index contributed by atoms with van der Waals surface area (Å²) in [5, 5.41) is 0. The van der Waals surface area contributed by atoms with E-state index in [1.807, 2.05) is 18.2 Å². The van der Waals surface area contributed by atoms with Crippen LogP contribution in [0.25, 0.3) is 0 Å². The molecule has 0 aromatic carbocycles. The zero-order valence-electron chi connectivity index (χ0n) is 5.84. The Kier molecular flexibility index (Phi) is 7.05. The zero-order valence-corrected chi connectivity index (χ0v) is 5.84. The van der Waals surface area contributed by atoms with E-state index >= 15 is 0 Å². The van der Waals surface area contributed by atoms with Crippen molar-refractivity contribution in [2.24, 2.45) is 0 Å². The van der Waals surface area contributed by atoms with Crippen LogP contribution >= 0.6 is 0 Å². The fourth-order valence-corrected chi connectivity index (χ4v) is 0.467. The van der Waals surface area contributed by atoms with E-state index in [1.165, 1.54) is 0 Å². The van der Waals surface area contributed by atoms with Gasteiger partial charge in [-0.05, 0) is 26.2 Å². The first kappa shape index (κ1) is 8.48. The molecule has 0 saturated carbocycles. The van der Waals surface area contributed by atoms with Crippen LogP contribution in [0.1, 0.15) is 19.3 Å². The quantitative estimate of drug-likeness (QED) is 0.503. The minimum absolute atomic E-state index is 0.870. The first-order chi connectivity index (χ1) is 4.41. The highest BCUT2D eigenvalue weighted by molar-refractivity contribution is 5.02. The zero-order chi connectivity index (χ0) is 6.95. The van der Waals surface area contributed by atoms with Crippen LogP contribution in [-0.2, 0) is 0 Å². The summed E-state index contributed by atoms with van der Waals surface area (Å²) in [7, 11) is 0. The highest BCUT2D eigenvalue weighted by Crippen LogP contribution is 1.88. The third kappa shape index (κ3) is 7.48. The second kappa shape index (κ2) is 7.48. The molecule has 0 aliphatic rings. The minimum Gasteiger partial charge on any atom is -0.0845 e. The van der Waals surface area contributed by atoms with Crippen molar-refractivity contribution in [2.75, 3.05) is 0 Å². The van der Waals surface area contributed by atoms with Gasteiger partial charge in [-0.2, -0.15) is 0 Å². The molecule has 0 amide bonds. The molecule has 9 heavy (non-hydrogen) atoms. The van der Waals surface area contributed by atoms with Gasteiger partial charge in [0.1, 0.15) is 0 Å². The van der Waals surface area contributed by atoms with Crippen molar-refractivity contribution in [3.05, 3.63) is 38.2 Å². The molecule has 0 atom stereocenters. The predicted octanol–water partition coefficient (Wildman–Crippen LogP) is 2.94. The van der Waals surface area contributed by atoms with Crippen LogP contribution in [0.3, 0.4) is 0 Å². The van der Waals surface area contributed by atoms with Gasteiger partial charge in [-0.25, -0.2) is 0 Å². The van der Waals surface area contributed by atoms with E-state index in [-0.39, 0.29) is 0 Å². The Labute approximate surface area is 58.3 Å². The maximum Gasteiger partial charge on any atom is -0.0347 e. The average molecular weight is 122 g/mol. The third-order valence-corrected chi connectivity index (χ3v) is 0.921. The Morgan fingerprint density at radius 3 is 2.22 bits per heavy atom. The molecule has 0 unspecified atom stereocenters. The number of hydrogen-bond donors (Lipinski definition) is 0. The van der Waals surface area contributed by atoms with Crippen molar-refractivity contribution < 1.29 is 0 Å². The molecule has 0 saturated heterocycles. The molecule has 0 aromatic heterocycles. The van der Waals surface area contributed by atoms with Gasteiger partial charge in [-0.3, -0.25) is 0 Å². The van der Waals surface area contributed by atoms with E-state index in [4.69, 9.17) is 0 Å². The molecule has 2 radical (unpaired) electrons. The normalized spacial score (nSPS) is 11.8. The molecule has 0 N–H and O–H groups in total. The standard InChI is InChI=1S/C9H14/c1-3-5-7-9-8-6-4-2/h5,7-9H,1-4,6H2. The van der Waals surface area contributed by atoms with Gasteiger partial charge in [0.2, 0.25) is 0 Å². The maximum absolute atomic E-state index is 3.72. The highest BCUT2D eigenvalue weighted by Gasteiger charge is 1.68. The van der Waals surface area contributed by atoms with Crippen LogP contribution in [0.5, 0.6) is 0 Å². The molecular weight excluding hydrogens is 108 g/mol. The summed E-state index contributed by atoms with van der Waals surface area (Å²) in [6.07, 6.45) is 11.1. The van der Waals surface area contributed by atoms with Gasteiger partial charge in [-0.15, -0.1) is 0 Å². The molecular formula is C9H14. The Bertz CT molecular complexity index is 88.2. The smallest absolute Gasteiger partial charge is 0.0347 e. The number of unbranched alkanes of at least 4 members (excludes halogenated alkanes) is 1. The average Bonchev–Trinajstić information content (AvgIpc) is 1.89. The van der Waals surface area contributed by atoms with E-state index in [1.54, 1.807) is 0 Å². The fraction of sp³-hybridized carbons (Fsp3) is 0.333. The van der Waals surface area contributed by atoms with Gasteiger partial charge in [0.05, 0.1) is 0 Å². The third-order valence-electron chi connectivity index (χ3n) is 0.921. The van der Waals surface area contributed by atoms with Gasteiger partial charge >= 0.3 is 0 Å². The Balaban J connectivity index is 3.13. The van der Waals surface area contributed by atoms with Crippen LogP contribution in [0.2, 0.25) is 0 Å². The largest absolute Gasteiger partial charge is 0.0845 e. The topological polar surface area (TPSA) is 0 Å². The second-order valence-corrected chi connectivity index (χ2v) is 1.79. The predicted molar refractivity (Wildman–Crippen MR) is 42.8 cm³/mol. The van der Waals surface area contributed by atoms with Crippen molar-refractivity contribution in [1.82, 2.24) is 0 Å². The van der Waals surface area contributed by atoms with Gasteiger partial charge < -0.3 is 0 Å². The van der Waals surface area contributed by atoms with E-state index in [2.05, 4.69) is 19.9 Å². The van der Waals surface area contributed by atoms with E-state index in [0.717, 1.165) is 19.3 Å². The van der Waals surface area contributed by atoms with Gasteiger partial charge in [0, 0.05) is 0 Å². The van der Waals surface area contributed by atoms with Crippen LogP contribution in [0.4, 0.5) is 0 Å². The molecule has 0 aliphatic heterocycles. The SMILES string of the molecule is [CH2]CC=CC=CCC[CH2]. The molecule has 0 aromatic rings. The van der Waals surface area contributed by atoms with E-state index in [0.29, 0.717) is 0 Å². The lowest BCUT2D eigenvalue weighted by Crippen LogP contribution is -1.59. The second-order valence-electron chi connectivity index (χ2n) is 1.79. The van der Waals surface area contributed by atoms with Crippen LogP contribution in [-0.4, -0.2) is 0 Å². The molecule has 0 nitrogen and oxygen atoms in total. The number of rotatable bonds is 4. The van der Waals surface area contributed by atoms with Gasteiger partial charge in [0.15, 0.2) is 0 Å². The Hall–Kier alpha value is -0.520. The van der Waals surface area contributed by atoms with Crippen LogP contribution in [0, 0.1) is 13.8 Å². The molecule has 0 heterocycles. The monoisotopic (exact) mass is 122 g/mol. The molecule has 0 aliphatic carbocycles. The van der Waals surface area contributed by atoms with Gasteiger partial charge in [0.25, 0.3) is 0 Å². The first-order valence-electron chi connectivity index (χ1n) is 3.32. The maximum atomic E-state index is 3.72. The summed E-state index contributed by atoms with van der Waals surface area (Å²) in [6, 6.07) is 0. The lowest BCUT2D eigenvalue weighted by atomic mass is 10.3. The number of allylic oxidation sites excluding steroid dienone is 4. The van der Waals surface area contributed by atoms with Crippen molar-refractivity contribution in [1.29, 1.82) is 0 Å². The summed E-state index contributed by atoms with van der Waals surface area (Å²) in [5.74, 6) is 0. The molecule has 0 bridgehead atoms. The van der Waals surface area contributed by atoms with Crippen molar-refractivity contribution in [3.8, 4) is 0 Å². The molecule has 0 heteroatoms. The number of hydrogen-bond acceptors (Lipinski definition) is 0.